The number of nitrogens with zero attached hydrogens (tertiary/aromatic N) is 3. The molecule has 1 unspecified atom stereocenters. The maximum Gasteiger partial charge on any atom is 0.227 e. The molecule has 0 fully saturated rings. The molecule has 112 valence electrons. The number of methoxy groups -OCH3 is 1. The van der Waals surface area contributed by atoms with Crippen LogP contribution in [0.25, 0.3) is 0 Å². The van der Waals surface area contributed by atoms with Crippen molar-refractivity contribution in [1.82, 2.24) is 14.8 Å². The number of ether oxygens (including phenoxy) is 1. The van der Waals surface area contributed by atoms with Gasteiger partial charge in [0.1, 0.15) is 12.7 Å². The van der Waals surface area contributed by atoms with E-state index in [-0.39, 0.29) is 18.4 Å². The van der Waals surface area contributed by atoms with Gasteiger partial charge in [0.25, 0.3) is 0 Å². The fourth-order valence-corrected chi connectivity index (χ4v) is 1.93. The highest BCUT2D eigenvalue weighted by Gasteiger charge is 2.11. The second-order valence-corrected chi connectivity index (χ2v) is 4.64. The number of carbonyl (C=O) groups is 1. The Balaban J connectivity index is 1.96. The summed E-state index contributed by atoms with van der Waals surface area (Å²) in [6.45, 7) is 0.920. The number of amides is 1. The number of benzene rings is 1. The van der Waals surface area contributed by atoms with E-state index in [1.807, 2.05) is 24.3 Å². The number of hydrogen-bond acceptors (Lipinski definition) is 5. The normalized spacial score (nSPS) is 12.1. The van der Waals surface area contributed by atoms with Gasteiger partial charge in [0, 0.05) is 19.3 Å². The Morgan fingerprint density at radius 2 is 2.38 bits per heavy atom. The number of nitrogens with two attached hydrogens (primary N) is 1. The molecule has 1 aromatic heterocycles. The molecule has 0 bridgehead atoms. The molecule has 0 aliphatic carbocycles. The highest BCUT2D eigenvalue weighted by Crippen LogP contribution is 2.12. The second kappa shape index (κ2) is 7.51. The summed E-state index contributed by atoms with van der Waals surface area (Å²) >= 11 is 0. The van der Waals surface area contributed by atoms with Crippen molar-refractivity contribution in [3.63, 3.8) is 0 Å². The highest BCUT2D eigenvalue weighted by molar-refractivity contribution is 5.91. The molecule has 1 atom stereocenters. The van der Waals surface area contributed by atoms with E-state index in [0.717, 1.165) is 11.3 Å². The lowest BCUT2D eigenvalue weighted by molar-refractivity contribution is -0.118. The van der Waals surface area contributed by atoms with Crippen LogP contribution >= 0.6 is 0 Å². The van der Waals surface area contributed by atoms with Crippen molar-refractivity contribution in [3.8, 4) is 0 Å². The van der Waals surface area contributed by atoms with E-state index in [1.165, 1.54) is 6.33 Å². The van der Waals surface area contributed by atoms with E-state index in [1.54, 1.807) is 18.1 Å². The molecule has 1 aromatic carbocycles. The van der Waals surface area contributed by atoms with Gasteiger partial charge in [-0.15, -0.1) is 0 Å². The predicted molar refractivity (Wildman–Crippen MR) is 78.7 cm³/mol. The molecule has 7 nitrogen and oxygen atoms in total. The van der Waals surface area contributed by atoms with Gasteiger partial charge in [0.15, 0.2) is 0 Å². The fraction of sp³-hybridized carbons (Fsp3) is 0.357. The number of nitrogens with one attached hydrogen (secondary N) is 1. The number of aromatic nitrogens is 3. The van der Waals surface area contributed by atoms with Crippen molar-refractivity contribution < 1.29 is 9.53 Å². The van der Waals surface area contributed by atoms with Crippen molar-refractivity contribution in [1.29, 1.82) is 0 Å². The molecule has 0 radical (unpaired) electrons. The molecule has 1 amide bonds. The second-order valence-electron chi connectivity index (χ2n) is 4.64. The van der Waals surface area contributed by atoms with E-state index in [9.17, 15) is 4.79 Å². The van der Waals surface area contributed by atoms with E-state index in [0.29, 0.717) is 13.1 Å². The van der Waals surface area contributed by atoms with Crippen LogP contribution in [0.2, 0.25) is 0 Å². The summed E-state index contributed by atoms with van der Waals surface area (Å²) in [6, 6.07) is 7.60. The Labute approximate surface area is 123 Å². The maximum atomic E-state index is 11.9. The number of hydrogen-bond donors (Lipinski definition) is 2. The zero-order valence-corrected chi connectivity index (χ0v) is 11.9. The minimum absolute atomic E-state index is 0.120. The first-order chi connectivity index (χ1) is 10.2. The molecule has 2 rings (SSSR count). The summed E-state index contributed by atoms with van der Waals surface area (Å²) in [5, 5.41) is 6.89. The van der Waals surface area contributed by atoms with Crippen LogP contribution in [0.4, 0.5) is 5.69 Å². The molecule has 3 N–H and O–H groups in total. The monoisotopic (exact) mass is 289 g/mol. The van der Waals surface area contributed by atoms with Crippen molar-refractivity contribution >= 4 is 11.6 Å². The van der Waals surface area contributed by atoms with Crippen molar-refractivity contribution in [3.05, 3.63) is 42.5 Å². The van der Waals surface area contributed by atoms with Gasteiger partial charge >= 0.3 is 0 Å². The van der Waals surface area contributed by atoms with Gasteiger partial charge in [0.2, 0.25) is 5.91 Å². The average molecular weight is 289 g/mol. The maximum absolute atomic E-state index is 11.9. The Bertz CT molecular complexity index is 567. The number of carbonyl (C=O) groups excluding carboxylic acids is 1. The number of anilines is 1. The van der Waals surface area contributed by atoms with Crippen molar-refractivity contribution in [2.75, 3.05) is 19.0 Å². The molecule has 0 spiro atoms. The minimum Gasteiger partial charge on any atom is -0.380 e. The standard InChI is InChI=1S/C14H19N5O2/c1-21-13(7-15)6-14(20)18-12-4-2-3-11(5-12)8-19-10-16-9-17-19/h2-5,9-10,13H,6-8,15H2,1H3,(H,18,20). The summed E-state index contributed by atoms with van der Waals surface area (Å²) in [7, 11) is 1.55. The van der Waals surface area contributed by atoms with E-state index in [4.69, 9.17) is 10.5 Å². The zero-order valence-electron chi connectivity index (χ0n) is 11.9. The molecule has 0 aliphatic rings. The van der Waals surface area contributed by atoms with E-state index >= 15 is 0 Å². The van der Waals surface area contributed by atoms with Gasteiger partial charge in [-0.3, -0.25) is 4.79 Å². The molecule has 7 heteroatoms. The zero-order chi connectivity index (χ0) is 15.1. The lowest BCUT2D eigenvalue weighted by Gasteiger charge is -2.13. The Kier molecular flexibility index (Phi) is 5.42. The summed E-state index contributed by atoms with van der Waals surface area (Å²) in [5.74, 6) is -0.120. The Morgan fingerprint density at radius 1 is 1.52 bits per heavy atom. The van der Waals surface area contributed by atoms with Crippen LogP contribution in [0.5, 0.6) is 0 Å². The SMILES string of the molecule is COC(CN)CC(=O)Nc1cccc(Cn2cncn2)c1. The molecule has 2 aromatic rings. The van der Waals surface area contributed by atoms with Crippen molar-refractivity contribution in [2.24, 2.45) is 5.73 Å². The topological polar surface area (TPSA) is 95.1 Å². The van der Waals surface area contributed by atoms with Crippen molar-refractivity contribution in [2.45, 2.75) is 19.1 Å². The third-order valence-corrected chi connectivity index (χ3v) is 3.03. The summed E-state index contributed by atoms with van der Waals surface area (Å²) < 4.78 is 6.82. The van der Waals surface area contributed by atoms with Gasteiger partial charge in [-0.05, 0) is 17.7 Å². The van der Waals surface area contributed by atoms with E-state index in [2.05, 4.69) is 15.4 Å². The molecule has 1 heterocycles. The Hall–Kier alpha value is -2.25. The van der Waals surface area contributed by atoms with Crippen LogP contribution in [0.1, 0.15) is 12.0 Å². The lowest BCUT2D eigenvalue weighted by Crippen LogP contribution is -2.28. The highest BCUT2D eigenvalue weighted by atomic mass is 16.5. The smallest absolute Gasteiger partial charge is 0.227 e. The van der Waals surface area contributed by atoms with Crippen LogP contribution in [0.15, 0.2) is 36.9 Å². The third-order valence-electron chi connectivity index (χ3n) is 3.03. The van der Waals surface area contributed by atoms with Crippen LogP contribution in [0, 0.1) is 0 Å². The Morgan fingerprint density at radius 3 is 3.05 bits per heavy atom. The molecule has 0 aliphatic heterocycles. The number of rotatable bonds is 7. The summed E-state index contributed by atoms with van der Waals surface area (Å²) in [4.78, 5) is 15.8. The quantitative estimate of drug-likeness (QED) is 0.779. The van der Waals surface area contributed by atoms with Gasteiger partial charge in [0.05, 0.1) is 19.1 Å². The third kappa shape index (κ3) is 4.66. The summed E-state index contributed by atoms with van der Waals surface area (Å²) in [5.41, 5.74) is 7.27. The summed E-state index contributed by atoms with van der Waals surface area (Å²) in [6.07, 6.45) is 3.11. The molecular weight excluding hydrogens is 270 g/mol. The van der Waals surface area contributed by atoms with Gasteiger partial charge in [-0.2, -0.15) is 5.10 Å². The predicted octanol–water partition coefficient (Wildman–Crippen LogP) is 0.629. The lowest BCUT2D eigenvalue weighted by atomic mass is 10.2. The van der Waals surface area contributed by atoms with Crippen LogP contribution in [-0.2, 0) is 16.1 Å². The van der Waals surface area contributed by atoms with Crippen LogP contribution in [-0.4, -0.2) is 40.4 Å². The minimum atomic E-state index is -0.261. The average Bonchev–Trinajstić information content (AvgIpc) is 2.98. The first-order valence-electron chi connectivity index (χ1n) is 6.65. The van der Waals surface area contributed by atoms with Gasteiger partial charge in [-0.25, -0.2) is 9.67 Å². The molecule has 21 heavy (non-hydrogen) atoms. The first kappa shape index (κ1) is 15.1. The first-order valence-corrected chi connectivity index (χ1v) is 6.65. The van der Waals surface area contributed by atoms with Crippen LogP contribution < -0.4 is 11.1 Å². The largest absolute Gasteiger partial charge is 0.380 e. The van der Waals surface area contributed by atoms with Crippen LogP contribution in [0.3, 0.4) is 0 Å². The molecular formula is C14H19N5O2. The van der Waals surface area contributed by atoms with Gasteiger partial charge < -0.3 is 15.8 Å². The molecule has 0 saturated heterocycles. The van der Waals surface area contributed by atoms with E-state index < -0.39 is 0 Å². The fourth-order valence-electron chi connectivity index (χ4n) is 1.93. The van der Waals surface area contributed by atoms with Gasteiger partial charge in [-0.1, -0.05) is 12.1 Å². The molecule has 0 saturated carbocycles.